The fourth-order valence-corrected chi connectivity index (χ4v) is 5.88. The van der Waals surface area contributed by atoms with Gasteiger partial charge in [0.2, 0.25) is 21.2 Å². The maximum absolute atomic E-state index is 13.1. The van der Waals surface area contributed by atoms with Crippen LogP contribution in [0.2, 0.25) is 0 Å². The summed E-state index contributed by atoms with van der Waals surface area (Å²) in [6, 6.07) is 16.0. The van der Waals surface area contributed by atoms with Gasteiger partial charge < -0.3 is 13.9 Å². The number of rotatable bonds is 12. The van der Waals surface area contributed by atoms with E-state index in [-0.39, 0.29) is 22.7 Å². The van der Waals surface area contributed by atoms with Crippen molar-refractivity contribution in [3.05, 3.63) is 82.4 Å². The predicted octanol–water partition coefficient (Wildman–Crippen LogP) is 4.63. The van der Waals surface area contributed by atoms with Gasteiger partial charge in [0.05, 0.1) is 18.0 Å². The Hall–Kier alpha value is -2.79. The third-order valence-corrected chi connectivity index (χ3v) is 9.00. The summed E-state index contributed by atoms with van der Waals surface area (Å²) in [7, 11) is -3.59. The number of nitrogens with zero attached hydrogens (tertiary/aromatic N) is 2. The molecule has 1 fully saturated rings. The zero-order valence-corrected chi connectivity index (χ0v) is 23.4. The van der Waals surface area contributed by atoms with Gasteiger partial charge in [0, 0.05) is 37.1 Å². The molecule has 0 unspecified atom stereocenters. The van der Waals surface area contributed by atoms with Crippen LogP contribution in [0.1, 0.15) is 31.1 Å². The SMILES string of the molecule is CCCCOc1ccc(S(=O)(=O)N2CCN(Cc3cc(=O)c(OCc4ccc(SC)cc4)co3)CC2)cc1. The minimum Gasteiger partial charge on any atom is -0.494 e. The highest BCUT2D eigenvalue weighted by molar-refractivity contribution is 7.98. The molecule has 1 saturated heterocycles. The second kappa shape index (κ2) is 13.3. The predicted molar refractivity (Wildman–Crippen MR) is 148 cm³/mol. The molecule has 1 aliphatic rings. The molecule has 4 rings (SSSR count). The molecule has 2 aromatic carbocycles. The van der Waals surface area contributed by atoms with Gasteiger partial charge in [-0.15, -0.1) is 11.8 Å². The number of ether oxygens (including phenoxy) is 2. The number of hydrogen-bond donors (Lipinski definition) is 0. The molecule has 0 saturated carbocycles. The van der Waals surface area contributed by atoms with Crippen molar-refractivity contribution in [2.75, 3.05) is 39.0 Å². The summed E-state index contributed by atoms with van der Waals surface area (Å²) >= 11 is 1.67. The third-order valence-electron chi connectivity index (χ3n) is 6.34. The summed E-state index contributed by atoms with van der Waals surface area (Å²) < 4.78 is 44.6. The van der Waals surface area contributed by atoms with Crippen LogP contribution in [-0.2, 0) is 23.2 Å². The molecule has 0 spiro atoms. The highest BCUT2D eigenvalue weighted by Gasteiger charge is 2.28. The molecule has 0 N–H and O–H groups in total. The summed E-state index contributed by atoms with van der Waals surface area (Å²) in [4.78, 5) is 16.0. The van der Waals surface area contributed by atoms with Gasteiger partial charge in [0.15, 0.2) is 0 Å². The molecule has 0 aliphatic carbocycles. The molecule has 10 heteroatoms. The van der Waals surface area contributed by atoms with Crippen molar-refractivity contribution < 1.29 is 22.3 Å². The standard InChI is InChI=1S/C28H34N2O6S2/c1-3-4-17-34-23-7-11-26(12-8-23)38(32,33)30-15-13-29(14-16-30)19-24-18-27(31)28(21-35-24)36-20-22-5-9-25(37-2)10-6-22/h5-12,18,21H,3-4,13-17,19-20H2,1-2H3. The fourth-order valence-electron chi connectivity index (χ4n) is 4.05. The zero-order chi connectivity index (χ0) is 27.0. The molecule has 8 nitrogen and oxygen atoms in total. The van der Waals surface area contributed by atoms with E-state index >= 15 is 0 Å². The first kappa shape index (κ1) is 28.2. The van der Waals surface area contributed by atoms with E-state index < -0.39 is 10.0 Å². The number of benzene rings is 2. The van der Waals surface area contributed by atoms with Gasteiger partial charge in [-0.2, -0.15) is 4.31 Å². The topological polar surface area (TPSA) is 89.3 Å². The van der Waals surface area contributed by atoms with Gasteiger partial charge in [-0.25, -0.2) is 8.42 Å². The molecular weight excluding hydrogens is 524 g/mol. The van der Waals surface area contributed by atoms with Crippen LogP contribution in [0, 0.1) is 0 Å². The van der Waals surface area contributed by atoms with Crippen LogP contribution >= 0.6 is 11.8 Å². The number of sulfonamides is 1. The van der Waals surface area contributed by atoms with E-state index in [1.165, 1.54) is 16.6 Å². The van der Waals surface area contributed by atoms with Crippen molar-refractivity contribution in [2.45, 2.75) is 42.7 Å². The van der Waals surface area contributed by atoms with E-state index in [4.69, 9.17) is 13.9 Å². The molecule has 204 valence electrons. The lowest BCUT2D eigenvalue weighted by Crippen LogP contribution is -2.48. The number of hydrogen-bond acceptors (Lipinski definition) is 8. The normalized spacial score (nSPS) is 14.9. The van der Waals surface area contributed by atoms with Crippen molar-refractivity contribution in [3.8, 4) is 11.5 Å². The van der Waals surface area contributed by atoms with Crippen LogP contribution < -0.4 is 14.9 Å². The second-order valence-electron chi connectivity index (χ2n) is 9.07. The van der Waals surface area contributed by atoms with Crippen LogP contribution in [0.3, 0.4) is 0 Å². The van der Waals surface area contributed by atoms with E-state index in [1.807, 2.05) is 30.5 Å². The van der Waals surface area contributed by atoms with Gasteiger partial charge in [-0.05, 0) is 54.6 Å². The van der Waals surface area contributed by atoms with E-state index in [9.17, 15) is 13.2 Å². The van der Waals surface area contributed by atoms with Crippen LogP contribution in [0.15, 0.2) is 79.9 Å². The Morgan fingerprint density at radius 1 is 0.974 bits per heavy atom. The van der Waals surface area contributed by atoms with Crippen molar-refractivity contribution in [2.24, 2.45) is 0 Å². The van der Waals surface area contributed by atoms with Crippen LogP contribution in [0.4, 0.5) is 0 Å². The first-order valence-corrected chi connectivity index (χ1v) is 15.4. The van der Waals surface area contributed by atoms with Crippen LogP contribution in [-0.4, -0.2) is 56.7 Å². The van der Waals surface area contributed by atoms with E-state index in [0.717, 1.165) is 23.3 Å². The summed E-state index contributed by atoms with van der Waals surface area (Å²) in [5.74, 6) is 1.35. The van der Waals surface area contributed by atoms with Crippen molar-refractivity contribution in [1.29, 1.82) is 0 Å². The van der Waals surface area contributed by atoms with E-state index in [2.05, 4.69) is 11.8 Å². The average molecular weight is 559 g/mol. The maximum Gasteiger partial charge on any atom is 0.243 e. The zero-order valence-electron chi connectivity index (χ0n) is 21.8. The maximum atomic E-state index is 13.1. The molecule has 0 amide bonds. The first-order valence-electron chi connectivity index (χ1n) is 12.7. The summed E-state index contributed by atoms with van der Waals surface area (Å²) in [5.41, 5.74) is 0.727. The largest absolute Gasteiger partial charge is 0.494 e. The summed E-state index contributed by atoms with van der Waals surface area (Å²) in [6.45, 7) is 5.20. The van der Waals surface area contributed by atoms with Gasteiger partial charge in [0.25, 0.3) is 0 Å². The number of piperazine rings is 1. The summed E-state index contributed by atoms with van der Waals surface area (Å²) in [6.07, 6.45) is 5.37. The van der Waals surface area contributed by atoms with Crippen molar-refractivity contribution in [3.63, 3.8) is 0 Å². The number of thioether (sulfide) groups is 1. The molecule has 3 aromatic rings. The molecule has 0 bridgehead atoms. The molecule has 1 aromatic heterocycles. The van der Waals surface area contributed by atoms with Crippen molar-refractivity contribution >= 4 is 21.8 Å². The van der Waals surface area contributed by atoms with Crippen LogP contribution in [0.25, 0.3) is 0 Å². The quantitative estimate of drug-likeness (QED) is 0.235. The average Bonchev–Trinajstić information content (AvgIpc) is 2.94. The third kappa shape index (κ3) is 7.41. The highest BCUT2D eigenvalue weighted by Crippen LogP contribution is 2.22. The lowest BCUT2D eigenvalue weighted by atomic mass is 10.2. The minimum absolute atomic E-state index is 0.167. The van der Waals surface area contributed by atoms with E-state index in [0.29, 0.717) is 50.8 Å². The molecule has 0 radical (unpaired) electrons. The van der Waals surface area contributed by atoms with Gasteiger partial charge in [0.1, 0.15) is 24.4 Å². The Bertz CT molecular complexity index is 1330. The van der Waals surface area contributed by atoms with Crippen molar-refractivity contribution in [1.82, 2.24) is 9.21 Å². The fraction of sp³-hybridized carbons (Fsp3) is 0.393. The Morgan fingerprint density at radius 3 is 2.32 bits per heavy atom. The van der Waals surface area contributed by atoms with E-state index in [1.54, 1.807) is 36.0 Å². The first-order chi connectivity index (χ1) is 18.4. The molecular formula is C28H34N2O6S2. The Balaban J connectivity index is 1.27. The lowest BCUT2D eigenvalue weighted by Gasteiger charge is -2.33. The molecule has 2 heterocycles. The van der Waals surface area contributed by atoms with Gasteiger partial charge >= 0.3 is 0 Å². The highest BCUT2D eigenvalue weighted by atomic mass is 32.2. The minimum atomic E-state index is -3.59. The molecule has 0 atom stereocenters. The van der Waals surface area contributed by atoms with Gasteiger partial charge in [-0.3, -0.25) is 9.69 Å². The van der Waals surface area contributed by atoms with Gasteiger partial charge in [-0.1, -0.05) is 25.5 Å². The molecule has 38 heavy (non-hydrogen) atoms. The smallest absolute Gasteiger partial charge is 0.243 e. The lowest BCUT2D eigenvalue weighted by molar-refractivity contribution is 0.169. The monoisotopic (exact) mass is 558 g/mol. The Morgan fingerprint density at radius 2 is 1.68 bits per heavy atom. The molecule has 1 aliphatic heterocycles. The van der Waals surface area contributed by atoms with Crippen LogP contribution in [0.5, 0.6) is 11.5 Å². The second-order valence-corrected chi connectivity index (χ2v) is 11.9. The Labute approximate surface area is 228 Å². The number of unbranched alkanes of at least 4 members (excludes halogenated alkanes) is 1. The Kier molecular flexibility index (Phi) is 9.90. The summed E-state index contributed by atoms with van der Waals surface area (Å²) in [5, 5.41) is 0.